The zero-order chi connectivity index (χ0) is 9.80. The smallest absolute Gasteiger partial charge is 0.0152 e. The highest BCUT2D eigenvalue weighted by Gasteiger charge is 2.00. The predicted molar refractivity (Wildman–Crippen MR) is 66.3 cm³/mol. The first-order valence-corrected chi connectivity index (χ1v) is 5.05. The van der Waals surface area contributed by atoms with Gasteiger partial charge in [-0.15, -0.1) is 0 Å². The summed E-state index contributed by atoms with van der Waals surface area (Å²) in [5.74, 6) is 0. The molecule has 0 amide bonds. The minimum Gasteiger partial charge on any atom is -0.344 e. The van der Waals surface area contributed by atoms with E-state index in [4.69, 9.17) is 0 Å². The summed E-state index contributed by atoms with van der Waals surface area (Å²) >= 11 is 0. The summed E-state index contributed by atoms with van der Waals surface area (Å²) in [6.07, 6.45) is 1.09. The third-order valence-electron chi connectivity index (χ3n) is 2.48. The van der Waals surface area contributed by atoms with Gasteiger partial charge in [0.2, 0.25) is 0 Å². The maximum absolute atomic E-state index is 2.20. The molecular weight excluding hydrogens is 182 g/mol. The first-order valence-electron chi connectivity index (χ1n) is 5.05. The molecule has 0 heterocycles. The van der Waals surface area contributed by atoms with Crippen LogP contribution in [0.5, 0.6) is 0 Å². The molecule has 0 saturated heterocycles. The summed E-state index contributed by atoms with van der Waals surface area (Å²) in [7, 11) is 0. The molecule has 0 aliphatic carbocycles. The van der Waals surface area contributed by atoms with Crippen LogP contribution in [0.3, 0.4) is 0 Å². The van der Waals surface area contributed by atoms with Gasteiger partial charge in [-0.3, -0.25) is 0 Å². The largest absolute Gasteiger partial charge is 0.344 e. The average molecular weight is 199 g/mol. The monoisotopic (exact) mass is 199 g/mol. The molecule has 0 aromatic heterocycles. The second kappa shape index (κ2) is 5.32. The van der Waals surface area contributed by atoms with Crippen molar-refractivity contribution in [1.29, 1.82) is 0 Å². The van der Waals surface area contributed by atoms with Gasteiger partial charge in [0.15, 0.2) is 0 Å². The number of hydrogen-bond acceptors (Lipinski definition) is 1. The molecule has 0 radical (unpaired) electrons. The van der Waals surface area contributed by atoms with E-state index in [0.29, 0.717) is 0 Å². The molecule has 2 aromatic carbocycles. The van der Waals surface area contributed by atoms with Gasteiger partial charge < -0.3 is 6.15 Å². The molecule has 2 aromatic rings. The van der Waals surface area contributed by atoms with Gasteiger partial charge in [-0.1, -0.05) is 61.5 Å². The summed E-state index contributed by atoms with van der Waals surface area (Å²) in [6.45, 7) is 2.20. The first kappa shape index (κ1) is 11.5. The van der Waals surface area contributed by atoms with Crippen molar-refractivity contribution in [2.45, 2.75) is 13.3 Å². The maximum atomic E-state index is 2.20. The van der Waals surface area contributed by atoms with E-state index in [2.05, 4.69) is 61.5 Å². The van der Waals surface area contributed by atoms with Crippen molar-refractivity contribution < 1.29 is 0 Å². The standard InChI is InChI=1S/C14H14.H3N/c1-2-12-8-6-7-11-14(12)13-9-4-3-5-10-13;/h3-11H,2H2,1H3;1H3. The van der Waals surface area contributed by atoms with Crippen LogP contribution in [0.4, 0.5) is 0 Å². The Morgan fingerprint density at radius 2 is 1.40 bits per heavy atom. The Hall–Kier alpha value is -1.60. The van der Waals surface area contributed by atoms with Gasteiger partial charge >= 0.3 is 0 Å². The summed E-state index contributed by atoms with van der Waals surface area (Å²) in [5, 5.41) is 0. The Balaban J connectivity index is 0.00000112. The minimum atomic E-state index is 0. The van der Waals surface area contributed by atoms with E-state index in [1.54, 1.807) is 0 Å². The fourth-order valence-electron chi connectivity index (χ4n) is 1.73. The topological polar surface area (TPSA) is 35.0 Å². The third-order valence-corrected chi connectivity index (χ3v) is 2.48. The Kier molecular flexibility index (Phi) is 4.07. The molecule has 15 heavy (non-hydrogen) atoms. The lowest BCUT2D eigenvalue weighted by molar-refractivity contribution is 1.14. The summed E-state index contributed by atoms with van der Waals surface area (Å²) < 4.78 is 0. The molecule has 0 unspecified atom stereocenters. The van der Waals surface area contributed by atoms with E-state index in [1.165, 1.54) is 16.7 Å². The Labute approximate surface area is 91.4 Å². The molecule has 1 nitrogen and oxygen atoms in total. The van der Waals surface area contributed by atoms with E-state index < -0.39 is 0 Å². The van der Waals surface area contributed by atoms with Crippen molar-refractivity contribution in [3.63, 3.8) is 0 Å². The highest BCUT2D eigenvalue weighted by Crippen LogP contribution is 2.23. The van der Waals surface area contributed by atoms with Crippen molar-refractivity contribution in [2.24, 2.45) is 0 Å². The Bertz CT molecular complexity index is 407. The molecular formula is C14H17N. The Morgan fingerprint density at radius 3 is 2.07 bits per heavy atom. The van der Waals surface area contributed by atoms with E-state index in [9.17, 15) is 0 Å². The number of hydrogen-bond donors (Lipinski definition) is 1. The molecule has 78 valence electrons. The molecule has 0 aliphatic rings. The van der Waals surface area contributed by atoms with Crippen molar-refractivity contribution in [3.8, 4) is 11.1 Å². The van der Waals surface area contributed by atoms with Gasteiger partial charge in [-0.25, -0.2) is 0 Å². The normalized spacial score (nSPS) is 9.40. The fourth-order valence-corrected chi connectivity index (χ4v) is 1.73. The third kappa shape index (κ3) is 2.45. The zero-order valence-corrected chi connectivity index (χ0v) is 9.11. The van der Waals surface area contributed by atoms with Gasteiger partial charge in [0.1, 0.15) is 0 Å². The van der Waals surface area contributed by atoms with Crippen LogP contribution >= 0.6 is 0 Å². The molecule has 0 saturated carbocycles. The van der Waals surface area contributed by atoms with Crippen LogP contribution in [-0.2, 0) is 6.42 Å². The molecule has 0 fully saturated rings. The lowest BCUT2D eigenvalue weighted by Gasteiger charge is -2.06. The highest BCUT2D eigenvalue weighted by atomic mass is 14.0. The second-order valence-electron chi connectivity index (χ2n) is 3.38. The van der Waals surface area contributed by atoms with Crippen LogP contribution in [-0.4, -0.2) is 0 Å². The van der Waals surface area contributed by atoms with Crippen LogP contribution < -0.4 is 6.15 Å². The van der Waals surface area contributed by atoms with Crippen molar-refractivity contribution in [2.75, 3.05) is 0 Å². The lowest BCUT2D eigenvalue weighted by Crippen LogP contribution is -1.85. The summed E-state index contributed by atoms with van der Waals surface area (Å²) in [6, 6.07) is 19.1. The SMILES string of the molecule is CCc1ccccc1-c1ccccc1.N. The maximum Gasteiger partial charge on any atom is -0.0152 e. The zero-order valence-electron chi connectivity index (χ0n) is 9.11. The lowest BCUT2D eigenvalue weighted by atomic mass is 9.98. The van der Waals surface area contributed by atoms with Crippen LogP contribution in [0.2, 0.25) is 0 Å². The van der Waals surface area contributed by atoms with Gasteiger partial charge in [-0.05, 0) is 23.1 Å². The molecule has 0 spiro atoms. The van der Waals surface area contributed by atoms with Crippen LogP contribution in [0.25, 0.3) is 11.1 Å². The molecule has 0 atom stereocenters. The summed E-state index contributed by atoms with van der Waals surface area (Å²) in [5.41, 5.74) is 4.08. The van der Waals surface area contributed by atoms with Gasteiger partial charge in [0.25, 0.3) is 0 Å². The highest BCUT2D eigenvalue weighted by molar-refractivity contribution is 5.67. The summed E-state index contributed by atoms with van der Waals surface area (Å²) in [4.78, 5) is 0. The van der Waals surface area contributed by atoms with Crippen LogP contribution in [0.1, 0.15) is 12.5 Å². The number of aryl methyl sites for hydroxylation is 1. The fraction of sp³-hybridized carbons (Fsp3) is 0.143. The van der Waals surface area contributed by atoms with E-state index in [1.807, 2.05) is 0 Å². The Morgan fingerprint density at radius 1 is 0.800 bits per heavy atom. The van der Waals surface area contributed by atoms with Gasteiger partial charge in [0, 0.05) is 0 Å². The van der Waals surface area contributed by atoms with E-state index in [-0.39, 0.29) is 6.15 Å². The molecule has 1 heteroatoms. The van der Waals surface area contributed by atoms with Crippen LogP contribution in [0, 0.1) is 0 Å². The average Bonchev–Trinajstić information content (AvgIpc) is 2.30. The van der Waals surface area contributed by atoms with E-state index >= 15 is 0 Å². The number of benzene rings is 2. The van der Waals surface area contributed by atoms with Crippen molar-refractivity contribution >= 4 is 0 Å². The van der Waals surface area contributed by atoms with Crippen molar-refractivity contribution in [3.05, 3.63) is 60.2 Å². The molecule has 0 aliphatic heterocycles. The van der Waals surface area contributed by atoms with Gasteiger partial charge in [-0.2, -0.15) is 0 Å². The molecule has 2 rings (SSSR count). The van der Waals surface area contributed by atoms with Gasteiger partial charge in [0.05, 0.1) is 0 Å². The predicted octanol–water partition coefficient (Wildman–Crippen LogP) is 4.08. The second-order valence-corrected chi connectivity index (χ2v) is 3.38. The molecule has 0 bridgehead atoms. The quantitative estimate of drug-likeness (QED) is 0.777. The van der Waals surface area contributed by atoms with Crippen LogP contribution in [0.15, 0.2) is 54.6 Å². The minimum absolute atomic E-state index is 0. The number of rotatable bonds is 2. The van der Waals surface area contributed by atoms with E-state index in [0.717, 1.165) is 6.42 Å². The first-order chi connectivity index (χ1) is 6.92. The van der Waals surface area contributed by atoms with Crippen molar-refractivity contribution in [1.82, 2.24) is 6.15 Å². The molecule has 3 N–H and O–H groups in total.